The summed E-state index contributed by atoms with van der Waals surface area (Å²) in [6.45, 7) is 7.01. The van der Waals surface area contributed by atoms with Gasteiger partial charge in [0.25, 0.3) is 0 Å². The number of aromatic nitrogens is 1. The fourth-order valence-corrected chi connectivity index (χ4v) is 3.20. The summed E-state index contributed by atoms with van der Waals surface area (Å²) in [6.07, 6.45) is 1.88. The molecule has 0 radical (unpaired) electrons. The lowest BCUT2D eigenvalue weighted by molar-refractivity contribution is 0.408. The average molecular weight is 347 g/mol. The molecular formula is C22H25N3O. The zero-order valence-corrected chi connectivity index (χ0v) is 15.8. The van der Waals surface area contributed by atoms with Crippen LogP contribution in [0.2, 0.25) is 0 Å². The van der Waals surface area contributed by atoms with Crippen molar-refractivity contribution < 1.29 is 4.74 Å². The molecular weight excluding hydrogens is 322 g/mol. The van der Waals surface area contributed by atoms with Crippen molar-refractivity contribution in [1.82, 2.24) is 9.99 Å². The van der Waals surface area contributed by atoms with E-state index in [4.69, 9.17) is 4.74 Å². The van der Waals surface area contributed by atoms with E-state index < -0.39 is 0 Å². The van der Waals surface area contributed by atoms with Gasteiger partial charge in [-0.1, -0.05) is 36.4 Å². The third kappa shape index (κ3) is 3.64. The first-order valence-electron chi connectivity index (χ1n) is 8.74. The Morgan fingerprint density at radius 3 is 2.54 bits per heavy atom. The van der Waals surface area contributed by atoms with Gasteiger partial charge in [0.05, 0.1) is 19.9 Å². The molecule has 1 aromatic heterocycles. The Kier molecular flexibility index (Phi) is 5.42. The van der Waals surface area contributed by atoms with Crippen molar-refractivity contribution >= 4 is 6.21 Å². The van der Waals surface area contributed by atoms with Gasteiger partial charge in [0, 0.05) is 28.2 Å². The van der Waals surface area contributed by atoms with Crippen molar-refractivity contribution in [2.45, 2.75) is 27.3 Å². The zero-order chi connectivity index (χ0) is 18.5. The summed E-state index contributed by atoms with van der Waals surface area (Å²) in [5.74, 6) is 0.868. The first-order valence-corrected chi connectivity index (χ1v) is 8.74. The molecule has 1 heterocycles. The SMILES string of the molecule is COc1ccccc1CN/N=C\c1cc(C)n(-c2ccccc2C)c1C. The highest BCUT2D eigenvalue weighted by atomic mass is 16.5. The average Bonchev–Trinajstić information content (AvgIpc) is 2.93. The van der Waals surface area contributed by atoms with E-state index in [0.717, 1.165) is 16.9 Å². The van der Waals surface area contributed by atoms with Crippen molar-refractivity contribution in [1.29, 1.82) is 0 Å². The number of methoxy groups -OCH3 is 1. The molecule has 0 bridgehead atoms. The van der Waals surface area contributed by atoms with E-state index >= 15 is 0 Å². The van der Waals surface area contributed by atoms with E-state index in [1.54, 1.807) is 7.11 Å². The summed E-state index contributed by atoms with van der Waals surface area (Å²) in [5.41, 5.74) is 10.1. The van der Waals surface area contributed by atoms with Crippen LogP contribution in [-0.2, 0) is 6.54 Å². The second-order valence-corrected chi connectivity index (χ2v) is 6.35. The van der Waals surface area contributed by atoms with Gasteiger partial charge >= 0.3 is 0 Å². The van der Waals surface area contributed by atoms with Crippen LogP contribution >= 0.6 is 0 Å². The van der Waals surface area contributed by atoms with Gasteiger partial charge in [-0.15, -0.1) is 0 Å². The fourth-order valence-electron chi connectivity index (χ4n) is 3.20. The first-order chi connectivity index (χ1) is 12.6. The minimum absolute atomic E-state index is 0.622. The molecule has 0 aliphatic heterocycles. The van der Waals surface area contributed by atoms with Crippen LogP contribution in [0.1, 0.15) is 28.1 Å². The lowest BCUT2D eigenvalue weighted by Crippen LogP contribution is -2.07. The number of nitrogens with zero attached hydrogens (tertiary/aromatic N) is 2. The molecule has 3 aromatic rings. The van der Waals surface area contributed by atoms with Crippen LogP contribution in [0.5, 0.6) is 5.75 Å². The molecule has 0 spiro atoms. The van der Waals surface area contributed by atoms with Crippen LogP contribution in [0.25, 0.3) is 5.69 Å². The molecule has 0 aliphatic carbocycles. The summed E-state index contributed by atoms with van der Waals surface area (Å²) in [4.78, 5) is 0. The van der Waals surface area contributed by atoms with E-state index in [9.17, 15) is 0 Å². The molecule has 1 N–H and O–H groups in total. The van der Waals surface area contributed by atoms with Gasteiger partial charge in [0.1, 0.15) is 5.75 Å². The van der Waals surface area contributed by atoms with Crippen molar-refractivity contribution in [3.05, 3.63) is 82.7 Å². The van der Waals surface area contributed by atoms with E-state index in [0.29, 0.717) is 6.54 Å². The zero-order valence-electron chi connectivity index (χ0n) is 15.8. The number of ether oxygens (including phenoxy) is 1. The summed E-state index contributed by atoms with van der Waals surface area (Å²) < 4.78 is 7.64. The Balaban J connectivity index is 1.76. The highest BCUT2D eigenvalue weighted by molar-refractivity contribution is 5.82. The smallest absolute Gasteiger partial charge is 0.123 e. The van der Waals surface area contributed by atoms with Crippen LogP contribution in [-0.4, -0.2) is 17.9 Å². The normalized spacial score (nSPS) is 11.1. The third-order valence-corrected chi connectivity index (χ3v) is 4.58. The maximum absolute atomic E-state index is 5.36. The molecule has 0 atom stereocenters. The molecule has 26 heavy (non-hydrogen) atoms. The van der Waals surface area contributed by atoms with Gasteiger partial charge in [0.15, 0.2) is 0 Å². The van der Waals surface area contributed by atoms with Crippen molar-refractivity contribution in [2.75, 3.05) is 7.11 Å². The second-order valence-electron chi connectivity index (χ2n) is 6.35. The minimum atomic E-state index is 0.622. The Bertz CT molecular complexity index is 925. The molecule has 134 valence electrons. The maximum Gasteiger partial charge on any atom is 0.123 e. The number of para-hydroxylation sites is 2. The Hall–Kier alpha value is -3.01. The van der Waals surface area contributed by atoms with Crippen molar-refractivity contribution in [2.24, 2.45) is 5.10 Å². The van der Waals surface area contributed by atoms with Crippen LogP contribution in [0.4, 0.5) is 0 Å². The number of aryl methyl sites for hydroxylation is 2. The van der Waals surface area contributed by atoms with E-state index in [1.807, 2.05) is 30.5 Å². The van der Waals surface area contributed by atoms with Gasteiger partial charge in [-0.2, -0.15) is 5.10 Å². The van der Waals surface area contributed by atoms with Crippen LogP contribution in [0, 0.1) is 20.8 Å². The summed E-state index contributed by atoms with van der Waals surface area (Å²) in [7, 11) is 1.68. The molecule has 0 saturated heterocycles. The standard InChI is InChI=1S/C22H25N3O/c1-16-9-5-7-11-21(16)25-17(2)13-20(18(25)3)15-24-23-14-19-10-6-8-12-22(19)26-4/h5-13,15,23H,14H2,1-4H3/b24-15-. The molecule has 4 heteroatoms. The summed E-state index contributed by atoms with van der Waals surface area (Å²) in [5, 5.41) is 4.40. The number of hydrogen-bond donors (Lipinski definition) is 1. The maximum atomic E-state index is 5.36. The van der Waals surface area contributed by atoms with Gasteiger partial charge in [0.2, 0.25) is 0 Å². The number of hydrogen-bond acceptors (Lipinski definition) is 3. The van der Waals surface area contributed by atoms with Gasteiger partial charge in [-0.25, -0.2) is 0 Å². The van der Waals surface area contributed by atoms with Crippen molar-refractivity contribution in [3.63, 3.8) is 0 Å². The molecule has 0 fully saturated rings. The predicted octanol–water partition coefficient (Wildman–Crippen LogP) is 4.53. The predicted molar refractivity (Wildman–Crippen MR) is 107 cm³/mol. The molecule has 0 saturated carbocycles. The number of rotatable bonds is 6. The van der Waals surface area contributed by atoms with E-state index in [2.05, 4.69) is 66.2 Å². The second kappa shape index (κ2) is 7.91. The Labute approximate surface area is 155 Å². The highest BCUT2D eigenvalue weighted by Crippen LogP contribution is 2.22. The largest absolute Gasteiger partial charge is 0.496 e. The van der Waals surface area contributed by atoms with Crippen LogP contribution < -0.4 is 10.2 Å². The lowest BCUT2D eigenvalue weighted by Gasteiger charge is -2.12. The van der Waals surface area contributed by atoms with Crippen molar-refractivity contribution in [3.8, 4) is 11.4 Å². The van der Waals surface area contributed by atoms with Crippen LogP contribution in [0.15, 0.2) is 59.7 Å². The third-order valence-electron chi connectivity index (χ3n) is 4.58. The Morgan fingerprint density at radius 1 is 1.04 bits per heavy atom. The molecule has 0 aliphatic rings. The van der Waals surface area contributed by atoms with Gasteiger partial charge in [-0.3, -0.25) is 0 Å². The summed E-state index contributed by atoms with van der Waals surface area (Å²) in [6, 6.07) is 18.5. The minimum Gasteiger partial charge on any atom is -0.496 e. The van der Waals surface area contributed by atoms with Crippen LogP contribution in [0.3, 0.4) is 0 Å². The fraction of sp³-hybridized carbons (Fsp3) is 0.227. The van der Waals surface area contributed by atoms with Gasteiger partial charge < -0.3 is 14.7 Å². The number of nitrogens with one attached hydrogen (secondary N) is 1. The molecule has 3 rings (SSSR count). The topological polar surface area (TPSA) is 38.5 Å². The molecule has 0 unspecified atom stereocenters. The first kappa shape index (κ1) is 17.8. The monoisotopic (exact) mass is 347 g/mol. The lowest BCUT2D eigenvalue weighted by atomic mass is 10.2. The molecule has 2 aromatic carbocycles. The Morgan fingerprint density at radius 2 is 1.77 bits per heavy atom. The molecule has 4 nitrogen and oxygen atoms in total. The van der Waals surface area contributed by atoms with E-state index in [1.165, 1.54) is 22.6 Å². The molecule has 0 amide bonds. The summed E-state index contributed by atoms with van der Waals surface area (Å²) >= 11 is 0. The van der Waals surface area contributed by atoms with E-state index in [-0.39, 0.29) is 0 Å². The highest BCUT2D eigenvalue weighted by Gasteiger charge is 2.10. The number of benzene rings is 2. The quantitative estimate of drug-likeness (QED) is 0.525. The van der Waals surface area contributed by atoms with Gasteiger partial charge in [-0.05, 0) is 44.5 Å². The number of hydrazone groups is 1.